The molecule has 3 heterocycles. The fourth-order valence-electron chi connectivity index (χ4n) is 2.70. The van der Waals surface area contributed by atoms with Gasteiger partial charge in [0, 0.05) is 31.0 Å². The van der Waals surface area contributed by atoms with Gasteiger partial charge in [0.05, 0.1) is 36.4 Å². The molecule has 0 unspecified atom stereocenters. The van der Waals surface area contributed by atoms with Crippen LogP contribution < -0.4 is 5.32 Å². The number of nitrogens with zero attached hydrogens (tertiary/aromatic N) is 6. The number of rotatable bonds is 6. The highest BCUT2D eigenvalue weighted by Gasteiger charge is 2.21. The third-order valence-corrected chi connectivity index (χ3v) is 4.11. The molecule has 0 aliphatic carbocycles. The van der Waals surface area contributed by atoms with E-state index in [1.807, 2.05) is 18.5 Å². The summed E-state index contributed by atoms with van der Waals surface area (Å²) in [5.74, 6) is -1.76. The summed E-state index contributed by atoms with van der Waals surface area (Å²) in [7, 11) is 1.47. The first-order chi connectivity index (χ1) is 12.4. The van der Waals surface area contributed by atoms with Crippen molar-refractivity contribution in [3.05, 3.63) is 47.3 Å². The van der Waals surface area contributed by atoms with Crippen LogP contribution in [0.5, 0.6) is 0 Å². The second kappa shape index (κ2) is 6.82. The van der Waals surface area contributed by atoms with E-state index in [4.69, 9.17) is 0 Å². The Bertz CT molecular complexity index is 967. The highest BCUT2D eigenvalue weighted by molar-refractivity contribution is 6.09. The number of carboxylic acids is 1. The number of hydrogen-bond acceptors (Lipinski definition) is 5. The van der Waals surface area contributed by atoms with Crippen LogP contribution in [0.25, 0.3) is 0 Å². The summed E-state index contributed by atoms with van der Waals surface area (Å²) >= 11 is 0. The van der Waals surface area contributed by atoms with Gasteiger partial charge in [-0.15, -0.1) is 0 Å². The number of carboxylic acid groups (broad SMARTS) is 1. The molecule has 3 aromatic heterocycles. The number of anilines is 1. The topological polar surface area (TPSA) is 120 Å². The highest BCUT2D eigenvalue weighted by Crippen LogP contribution is 2.14. The Labute approximate surface area is 149 Å². The van der Waals surface area contributed by atoms with E-state index in [1.165, 1.54) is 19.4 Å². The van der Waals surface area contributed by atoms with E-state index in [1.54, 1.807) is 17.1 Å². The minimum Gasteiger partial charge on any atom is -0.477 e. The van der Waals surface area contributed by atoms with Crippen LogP contribution in [0, 0.1) is 6.92 Å². The maximum absolute atomic E-state index is 12.3. The van der Waals surface area contributed by atoms with Crippen molar-refractivity contribution in [3.8, 4) is 0 Å². The lowest BCUT2D eigenvalue weighted by molar-refractivity contribution is 0.0680. The Hall–Kier alpha value is -3.43. The normalized spacial score (nSPS) is 10.9. The average Bonchev–Trinajstić information content (AvgIpc) is 3.28. The van der Waals surface area contributed by atoms with E-state index in [9.17, 15) is 14.7 Å². The van der Waals surface area contributed by atoms with E-state index in [0.717, 1.165) is 22.5 Å². The summed E-state index contributed by atoms with van der Waals surface area (Å²) in [5.41, 5.74) is 2.39. The van der Waals surface area contributed by atoms with Crippen molar-refractivity contribution >= 4 is 17.6 Å². The maximum atomic E-state index is 12.3. The molecule has 0 radical (unpaired) electrons. The van der Waals surface area contributed by atoms with Crippen LogP contribution in [0.3, 0.4) is 0 Å². The third kappa shape index (κ3) is 3.21. The SMILES string of the molecule is CCn1ncc(Cn2cc(NC(=O)c3cnn(C)c3C(=O)O)cn2)c1C. The molecule has 10 heteroatoms. The van der Waals surface area contributed by atoms with Crippen LogP contribution in [0.15, 0.2) is 24.8 Å². The first-order valence-corrected chi connectivity index (χ1v) is 8.01. The molecule has 0 saturated carbocycles. The van der Waals surface area contributed by atoms with Crippen LogP contribution >= 0.6 is 0 Å². The molecule has 0 spiro atoms. The zero-order valence-corrected chi connectivity index (χ0v) is 14.7. The highest BCUT2D eigenvalue weighted by atomic mass is 16.4. The first-order valence-electron chi connectivity index (χ1n) is 8.01. The summed E-state index contributed by atoms with van der Waals surface area (Å²) in [6.07, 6.45) is 6.21. The monoisotopic (exact) mass is 357 g/mol. The molecule has 26 heavy (non-hydrogen) atoms. The third-order valence-electron chi connectivity index (χ3n) is 4.11. The van der Waals surface area contributed by atoms with Crippen molar-refractivity contribution < 1.29 is 14.7 Å². The van der Waals surface area contributed by atoms with Gasteiger partial charge in [-0.3, -0.25) is 18.8 Å². The van der Waals surface area contributed by atoms with E-state index >= 15 is 0 Å². The lowest BCUT2D eigenvalue weighted by Crippen LogP contribution is -2.16. The van der Waals surface area contributed by atoms with Gasteiger partial charge in [-0.1, -0.05) is 0 Å². The Kier molecular flexibility index (Phi) is 4.57. The molecular formula is C16H19N7O3. The number of amides is 1. The molecule has 3 rings (SSSR count). The van der Waals surface area contributed by atoms with Crippen molar-refractivity contribution in [2.75, 3.05) is 5.32 Å². The molecule has 0 saturated heterocycles. The molecule has 1 amide bonds. The standard InChI is InChI=1S/C16H19N7O3/c1-4-23-10(2)11(5-19-23)8-22-9-12(6-18-22)20-15(24)13-7-17-21(3)14(13)16(25)26/h5-7,9H,4,8H2,1-3H3,(H,20,24)(H,25,26). The molecular weight excluding hydrogens is 338 g/mol. The van der Waals surface area contributed by atoms with Gasteiger partial charge < -0.3 is 10.4 Å². The minimum atomic E-state index is -1.21. The molecule has 0 atom stereocenters. The molecule has 0 fully saturated rings. The quantitative estimate of drug-likeness (QED) is 0.683. The summed E-state index contributed by atoms with van der Waals surface area (Å²) in [5, 5.41) is 24.2. The van der Waals surface area contributed by atoms with Crippen LogP contribution in [0.4, 0.5) is 5.69 Å². The second-order valence-corrected chi connectivity index (χ2v) is 5.79. The molecule has 0 aliphatic rings. The van der Waals surface area contributed by atoms with Gasteiger partial charge in [-0.05, 0) is 13.8 Å². The molecule has 10 nitrogen and oxygen atoms in total. The number of carbonyl (C=O) groups is 2. The van der Waals surface area contributed by atoms with Crippen molar-refractivity contribution in [1.29, 1.82) is 0 Å². The summed E-state index contributed by atoms with van der Waals surface area (Å²) in [6, 6.07) is 0. The van der Waals surface area contributed by atoms with Crippen LogP contribution in [0.2, 0.25) is 0 Å². The number of aromatic carboxylic acids is 1. The summed E-state index contributed by atoms with van der Waals surface area (Å²) in [4.78, 5) is 23.6. The van der Waals surface area contributed by atoms with E-state index < -0.39 is 11.9 Å². The van der Waals surface area contributed by atoms with Gasteiger partial charge in [0.25, 0.3) is 5.91 Å². The number of nitrogens with one attached hydrogen (secondary N) is 1. The fourth-order valence-corrected chi connectivity index (χ4v) is 2.70. The lowest BCUT2D eigenvalue weighted by atomic mass is 10.2. The predicted molar refractivity (Wildman–Crippen MR) is 92.1 cm³/mol. The van der Waals surface area contributed by atoms with E-state index in [0.29, 0.717) is 12.2 Å². The molecule has 0 aromatic carbocycles. The van der Waals surface area contributed by atoms with Gasteiger partial charge >= 0.3 is 5.97 Å². The lowest BCUT2D eigenvalue weighted by Gasteiger charge is -2.03. The number of aromatic nitrogens is 6. The largest absolute Gasteiger partial charge is 0.477 e. The van der Waals surface area contributed by atoms with Gasteiger partial charge in [0.15, 0.2) is 5.69 Å². The van der Waals surface area contributed by atoms with E-state index in [-0.39, 0.29) is 11.3 Å². The van der Waals surface area contributed by atoms with Gasteiger partial charge in [0.1, 0.15) is 0 Å². The molecule has 2 N–H and O–H groups in total. The van der Waals surface area contributed by atoms with Crippen molar-refractivity contribution in [3.63, 3.8) is 0 Å². The van der Waals surface area contributed by atoms with Gasteiger partial charge in [0.2, 0.25) is 0 Å². The minimum absolute atomic E-state index is 0.00665. The van der Waals surface area contributed by atoms with Crippen molar-refractivity contribution in [2.24, 2.45) is 7.05 Å². The van der Waals surface area contributed by atoms with Crippen molar-refractivity contribution in [2.45, 2.75) is 26.9 Å². The zero-order valence-electron chi connectivity index (χ0n) is 14.7. The van der Waals surface area contributed by atoms with E-state index in [2.05, 4.69) is 20.6 Å². The zero-order chi connectivity index (χ0) is 18.8. The average molecular weight is 357 g/mol. The predicted octanol–water partition coefficient (Wildman–Crippen LogP) is 1.14. The first kappa shape index (κ1) is 17.4. The van der Waals surface area contributed by atoms with Crippen molar-refractivity contribution in [1.82, 2.24) is 29.3 Å². The number of aryl methyl sites for hydroxylation is 2. The number of carbonyl (C=O) groups excluding carboxylic acids is 1. The maximum Gasteiger partial charge on any atom is 0.354 e. The van der Waals surface area contributed by atoms with Crippen LogP contribution in [0.1, 0.15) is 39.0 Å². The Morgan fingerprint density at radius 2 is 1.96 bits per heavy atom. The molecule has 136 valence electrons. The molecule has 3 aromatic rings. The molecule has 0 aliphatic heterocycles. The van der Waals surface area contributed by atoms with Gasteiger partial charge in [-0.2, -0.15) is 15.3 Å². The summed E-state index contributed by atoms with van der Waals surface area (Å²) < 4.78 is 4.73. The Morgan fingerprint density at radius 1 is 1.19 bits per heavy atom. The second-order valence-electron chi connectivity index (χ2n) is 5.79. The smallest absolute Gasteiger partial charge is 0.354 e. The summed E-state index contributed by atoms with van der Waals surface area (Å²) in [6.45, 7) is 5.33. The Morgan fingerprint density at radius 3 is 2.62 bits per heavy atom. The Balaban J connectivity index is 1.73. The van der Waals surface area contributed by atoms with Crippen LogP contribution in [-0.2, 0) is 20.1 Å². The van der Waals surface area contributed by atoms with Crippen LogP contribution in [-0.4, -0.2) is 46.3 Å². The van der Waals surface area contributed by atoms with Gasteiger partial charge in [-0.25, -0.2) is 4.79 Å². The fraction of sp³-hybridized carbons (Fsp3) is 0.312. The number of hydrogen-bond donors (Lipinski definition) is 2. The molecule has 0 bridgehead atoms.